The van der Waals surface area contributed by atoms with Gasteiger partial charge in [-0.2, -0.15) is 12.6 Å². The minimum atomic E-state index is -1.33. The second-order valence-electron chi connectivity index (χ2n) is 6.39. The topological polar surface area (TPSA) is 188 Å². The highest BCUT2D eigenvalue weighted by Crippen LogP contribution is 2.09. The van der Waals surface area contributed by atoms with E-state index in [4.69, 9.17) is 15.9 Å². The molecule has 5 unspecified atom stereocenters. The Kier molecular flexibility index (Phi) is 11.2. The van der Waals surface area contributed by atoms with E-state index in [9.17, 15) is 24.0 Å². The summed E-state index contributed by atoms with van der Waals surface area (Å²) in [7, 11) is 0. The maximum atomic E-state index is 12.5. The molecule has 11 nitrogen and oxygen atoms in total. The van der Waals surface area contributed by atoms with Gasteiger partial charge >= 0.3 is 11.9 Å². The second kappa shape index (κ2) is 12.2. The summed E-state index contributed by atoms with van der Waals surface area (Å²) in [6.45, 7) is 4.84. The molecular weight excluding hydrogens is 392 g/mol. The largest absolute Gasteiger partial charge is 0.481 e. The molecule has 0 rings (SSSR count). The number of carbonyl (C=O) groups excluding carboxylic acids is 3. The molecule has 160 valence electrons. The quantitative estimate of drug-likeness (QED) is 0.182. The normalized spacial score (nSPS) is 16.0. The number of carboxylic acids is 2. The number of nitrogens with two attached hydrogens (primary N) is 1. The predicted molar refractivity (Wildman–Crippen MR) is 103 cm³/mol. The minimum Gasteiger partial charge on any atom is -0.481 e. The van der Waals surface area contributed by atoms with E-state index in [0.29, 0.717) is 6.42 Å². The van der Waals surface area contributed by atoms with E-state index in [2.05, 4.69) is 28.6 Å². The van der Waals surface area contributed by atoms with Gasteiger partial charge in [0, 0.05) is 5.75 Å². The molecule has 0 aliphatic rings. The van der Waals surface area contributed by atoms with Gasteiger partial charge < -0.3 is 31.9 Å². The zero-order chi connectivity index (χ0) is 22.0. The van der Waals surface area contributed by atoms with Crippen molar-refractivity contribution in [2.45, 2.75) is 57.8 Å². The van der Waals surface area contributed by atoms with E-state index in [0.717, 1.165) is 0 Å². The van der Waals surface area contributed by atoms with Gasteiger partial charge in [0.1, 0.15) is 18.1 Å². The molecule has 0 aliphatic carbocycles. The lowest BCUT2D eigenvalue weighted by atomic mass is 9.97. The Morgan fingerprint density at radius 2 is 1.54 bits per heavy atom. The molecule has 28 heavy (non-hydrogen) atoms. The first-order chi connectivity index (χ1) is 12.9. The number of carbonyl (C=O) groups is 5. The molecule has 0 bridgehead atoms. The third-order valence-electron chi connectivity index (χ3n) is 4.07. The molecular formula is C16H28N4O7S. The van der Waals surface area contributed by atoms with Crippen molar-refractivity contribution in [1.82, 2.24) is 16.0 Å². The van der Waals surface area contributed by atoms with E-state index in [1.807, 2.05) is 0 Å². The summed E-state index contributed by atoms with van der Waals surface area (Å²) in [6.07, 6.45) is -0.0896. The van der Waals surface area contributed by atoms with Crippen LogP contribution in [0.2, 0.25) is 0 Å². The molecule has 0 heterocycles. The zero-order valence-corrected chi connectivity index (χ0v) is 16.9. The SMILES string of the molecule is CCC(C)C(NC(=O)C(N)CC(=O)O)C(=O)NC(C)C(=O)NC(CS)C(=O)O. The van der Waals surface area contributed by atoms with Gasteiger partial charge in [-0.1, -0.05) is 20.3 Å². The Hall–Kier alpha value is -2.34. The first-order valence-corrected chi connectivity index (χ1v) is 9.29. The van der Waals surface area contributed by atoms with Crippen molar-refractivity contribution in [3.63, 3.8) is 0 Å². The zero-order valence-electron chi connectivity index (χ0n) is 16.0. The lowest BCUT2D eigenvalue weighted by Gasteiger charge is -2.26. The molecule has 0 spiro atoms. The van der Waals surface area contributed by atoms with Crippen LogP contribution in [-0.4, -0.2) is 69.8 Å². The van der Waals surface area contributed by atoms with Crippen LogP contribution in [0.15, 0.2) is 0 Å². The number of rotatable bonds is 12. The highest BCUT2D eigenvalue weighted by molar-refractivity contribution is 7.80. The first kappa shape index (κ1) is 25.7. The molecule has 0 saturated heterocycles. The van der Waals surface area contributed by atoms with Gasteiger partial charge in [0.05, 0.1) is 12.5 Å². The Morgan fingerprint density at radius 1 is 0.964 bits per heavy atom. The minimum absolute atomic E-state index is 0.130. The monoisotopic (exact) mass is 420 g/mol. The molecule has 12 heteroatoms. The standard InChI is InChI=1S/C16H28N4O7S/c1-4-7(2)12(20-14(24)9(17)5-11(21)22)15(25)18-8(3)13(23)19-10(6-28)16(26)27/h7-10,12,28H,4-6,17H2,1-3H3,(H,18,25)(H,19,23)(H,20,24)(H,21,22)(H,26,27). The molecule has 0 radical (unpaired) electrons. The number of hydrogen-bond donors (Lipinski definition) is 7. The fraction of sp³-hybridized carbons (Fsp3) is 0.688. The predicted octanol–water partition coefficient (Wildman–Crippen LogP) is -1.68. The average molecular weight is 420 g/mol. The van der Waals surface area contributed by atoms with Crippen molar-refractivity contribution in [1.29, 1.82) is 0 Å². The van der Waals surface area contributed by atoms with Gasteiger partial charge in [0.25, 0.3) is 0 Å². The van der Waals surface area contributed by atoms with Crippen LogP contribution in [0.5, 0.6) is 0 Å². The van der Waals surface area contributed by atoms with Crippen molar-refractivity contribution in [3.05, 3.63) is 0 Å². The molecule has 0 aromatic rings. The number of amides is 3. The Bertz CT molecular complexity index is 602. The van der Waals surface area contributed by atoms with Crippen molar-refractivity contribution in [2.75, 3.05) is 5.75 Å². The van der Waals surface area contributed by atoms with E-state index in [1.165, 1.54) is 6.92 Å². The molecule has 0 saturated carbocycles. The van der Waals surface area contributed by atoms with Crippen molar-refractivity contribution >= 4 is 42.3 Å². The van der Waals surface area contributed by atoms with Crippen LogP contribution in [0.3, 0.4) is 0 Å². The number of thiol groups is 1. The third kappa shape index (κ3) is 8.57. The second-order valence-corrected chi connectivity index (χ2v) is 6.75. The van der Waals surface area contributed by atoms with E-state index in [1.54, 1.807) is 13.8 Å². The van der Waals surface area contributed by atoms with Gasteiger partial charge in [-0.3, -0.25) is 19.2 Å². The van der Waals surface area contributed by atoms with E-state index >= 15 is 0 Å². The van der Waals surface area contributed by atoms with Crippen LogP contribution in [0.25, 0.3) is 0 Å². The Labute approximate surface area is 168 Å². The van der Waals surface area contributed by atoms with Gasteiger partial charge in [-0.05, 0) is 12.8 Å². The number of hydrogen-bond acceptors (Lipinski definition) is 7. The summed E-state index contributed by atoms with van der Waals surface area (Å²) in [5.74, 6) is -5.19. The van der Waals surface area contributed by atoms with Crippen molar-refractivity contribution < 1.29 is 34.2 Å². The van der Waals surface area contributed by atoms with Crippen LogP contribution in [0.4, 0.5) is 0 Å². The molecule has 3 amide bonds. The fourth-order valence-electron chi connectivity index (χ4n) is 2.09. The summed E-state index contributed by atoms with van der Waals surface area (Å²) in [5.41, 5.74) is 5.50. The maximum absolute atomic E-state index is 12.5. The summed E-state index contributed by atoms with van der Waals surface area (Å²) in [5, 5.41) is 24.7. The van der Waals surface area contributed by atoms with Gasteiger partial charge in [0.15, 0.2) is 0 Å². The van der Waals surface area contributed by atoms with Crippen LogP contribution < -0.4 is 21.7 Å². The fourth-order valence-corrected chi connectivity index (χ4v) is 2.34. The van der Waals surface area contributed by atoms with Gasteiger partial charge in [-0.25, -0.2) is 4.79 Å². The van der Waals surface area contributed by atoms with E-state index in [-0.39, 0.29) is 11.7 Å². The summed E-state index contributed by atoms with van der Waals surface area (Å²) in [4.78, 5) is 58.3. The number of aliphatic carboxylic acids is 2. The summed E-state index contributed by atoms with van der Waals surface area (Å²) in [6, 6.07) is -4.67. The smallest absolute Gasteiger partial charge is 0.327 e. The molecule has 7 N–H and O–H groups in total. The third-order valence-corrected chi connectivity index (χ3v) is 4.44. The Morgan fingerprint density at radius 3 is 1.96 bits per heavy atom. The molecule has 5 atom stereocenters. The average Bonchev–Trinajstić information content (AvgIpc) is 2.61. The molecule has 0 fully saturated rings. The lowest BCUT2D eigenvalue weighted by molar-refractivity contribution is -0.141. The van der Waals surface area contributed by atoms with Gasteiger partial charge in [-0.15, -0.1) is 0 Å². The Balaban J connectivity index is 5.06. The van der Waals surface area contributed by atoms with Crippen LogP contribution >= 0.6 is 12.6 Å². The highest BCUT2D eigenvalue weighted by Gasteiger charge is 2.31. The lowest BCUT2D eigenvalue weighted by Crippen LogP contribution is -2.58. The van der Waals surface area contributed by atoms with Crippen LogP contribution in [0.1, 0.15) is 33.6 Å². The molecule has 0 aliphatic heterocycles. The number of carboxylic acid groups (broad SMARTS) is 2. The van der Waals surface area contributed by atoms with Crippen molar-refractivity contribution in [2.24, 2.45) is 11.7 Å². The summed E-state index contributed by atoms with van der Waals surface area (Å²) >= 11 is 3.84. The maximum Gasteiger partial charge on any atom is 0.327 e. The first-order valence-electron chi connectivity index (χ1n) is 8.66. The highest BCUT2D eigenvalue weighted by atomic mass is 32.1. The van der Waals surface area contributed by atoms with E-state index < -0.39 is 60.2 Å². The van der Waals surface area contributed by atoms with Gasteiger partial charge in [0.2, 0.25) is 17.7 Å². The van der Waals surface area contributed by atoms with Crippen LogP contribution in [-0.2, 0) is 24.0 Å². The molecule has 0 aromatic carbocycles. The summed E-state index contributed by atoms with van der Waals surface area (Å²) < 4.78 is 0. The van der Waals surface area contributed by atoms with Crippen molar-refractivity contribution in [3.8, 4) is 0 Å². The molecule has 0 aromatic heterocycles. The van der Waals surface area contributed by atoms with Crippen LogP contribution in [0, 0.1) is 5.92 Å². The number of nitrogens with one attached hydrogen (secondary N) is 3.